The van der Waals surface area contributed by atoms with Gasteiger partial charge in [0.05, 0.1) is 4.92 Å². The monoisotopic (exact) mass is 496 g/mol. The summed E-state index contributed by atoms with van der Waals surface area (Å²) in [7, 11) is 0. The molecular formula is C20H15F7N2O5. The van der Waals surface area contributed by atoms with E-state index in [0.29, 0.717) is 5.56 Å². The van der Waals surface area contributed by atoms with Gasteiger partial charge < -0.3 is 14.8 Å². The lowest BCUT2D eigenvalue weighted by molar-refractivity contribution is -0.384. The zero-order chi connectivity index (χ0) is 25.5. The number of alkyl halides is 7. The molecule has 0 saturated heterocycles. The molecule has 34 heavy (non-hydrogen) atoms. The van der Waals surface area contributed by atoms with Crippen molar-refractivity contribution >= 4 is 23.4 Å². The van der Waals surface area contributed by atoms with Gasteiger partial charge in [0.2, 0.25) is 5.91 Å². The van der Waals surface area contributed by atoms with Crippen molar-refractivity contribution in [3.8, 4) is 11.5 Å². The van der Waals surface area contributed by atoms with Crippen LogP contribution >= 0.6 is 0 Å². The number of non-ortho nitro benzene ring substituents is 1. The Balaban J connectivity index is 2.17. The summed E-state index contributed by atoms with van der Waals surface area (Å²) in [6, 6.07) is 7.69. The van der Waals surface area contributed by atoms with E-state index in [9.17, 15) is 45.6 Å². The summed E-state index contributed by atoms with van der Waals surface area (Å²) in [6.45, 7) is -3.53. The van der Waals surface area contributed by atoms with E-state index in [1.165, 1.54) is 30.3 Å². The molecule has 0 atom stereocenters. The minimum Gasteiger partial charge on any atom is -0.487 e. The van der Waals surface area contributed by atoms with E-state index in [1.807, 2.05) is 0 Å². The van der Waals surface area contributed by atoms with E-state index >= 15 is 0 Å². The maximum absolute atomic E-state index is 13.1. The second kappa shape index (κ2) is 10.9. The fourth-order valence-corrected chi connectivity index (χ4v) is 2.28. The third-order valence-corrected chi connectivity index (χ3v) is 3.83. The van der Waals surface area contributed by atoms with Crippen molar-refractivity contribution in [3.63, 3.8) is 0 Å². The topological polar surface area (TPSA) is 90.7 Å². The molecule has 0 aliphatic carbocycles. The summed E-state index contributed by atoms with van der Waals surface area (Å²) < 4.78 is 97.2. The third kappa shape index (κ3) is 8.60. The molecule has 0 aromatic heterocycles. The van der Waals surface area contributed by atoms with Crippen LogP contribution in [-0.4, -0.2) is 42.6 Å². The van der Waals surface area contributed by atoms with Gasteiger partial charge in [-0.1, -0.05) is 0 Å². The van der Waals surface area contributed by atoms with Crippen LogP contribution in [0.3, 0.4) is 0 Å². The molecule has 1 N–H and O–H groups in total. The van der Waals surface area contributed by atoms with Crippen molar-refractivity contribution in [1.29, 1.82) is 0 Å². The van der Waals surface area contributed by atoms with Gasteiger partial charge in [0.15, 0.2) is 13.2 Å². The zero-order valence-electron chi connectivity index (χ0n) is 16.8. The summed E-state index contributed by atoms with van der Waals surface area (Å²) in [5.41, 5.74) is -0.0168. The van der Waals surface area contributed by atoms with Gasteiger partial charge in [-0.05, 0) is 23.8 Å². The second-order valence-corrected chi connectivity index (χ2v) is 6.62. The number of nitro benzene ring substituents is 1. The normalized spacial score (nSPS) is 12.1. The Morgan fingerprint density at radius 2 is 1.56 bits per heavy atom. The predicted octanol–water partition coefficient (Wildman–Crippen LogP) is 5.47. The van der Waals surface area contributed by atoms with Gasteiger partial charge in [-0.15, -0.1) is 0 Å². The van der Waals surface area contributed by atoms with Crippen LogP contribution in [0.5, 0.6) is 11.5 Å². The molecule has 0 unspecified atom stereocenters. The summed E-state index contributed by atoms with van der Waals surface area (Å²) in [4.78, 5) is 22.1. The van der Waals surface area contributed by atoms with Crippen LogP contribution in [0.1, 0.15) is 5.56 Å². The maximum atomic E-state index is 13.1. The number of hydrogen-bond acceptors (Lipinski definition) is 5. The first kappa shape index (κ1) is 26.4. The van der Waals surface area contributed by atoms with Crippen LogP contribution in [0.2, 0.25) is 0 Å². The van der Waals surface area contributed by atoms with Crippen LogP contribution in [-0.2, 0) is 4.79 Å². The number of carbonyl (C=O) groups excluding carboxylic acids is 1. The largest absolute Gasteiger partial charge is 0.487 e. The van der Waals surface area contributed by atoms with Crippen LogP contribution < -0.4 is 14.8 Å². The number of hydrogen-bond donors (Lipinski definition) is 1. The highest BCUT2D eigenvalue weighted by Crippen LogP contribution is 2.30. The molecule has 2 aromatic rings. The summed E-state index contributed by atoms with van der Waals surface area (Å²) in [5.74, 6) is -6.45. The van der Waals surface area contributed by atoms with Crippen LogP contribution in [0.15, 0.2) is 48.5 Å². The van der Waals surface area contributed by atoms with Crippen LogP contribution in [0.4, 0.5) is 42.1 Å². The zero-order valence-corrected chi connectivity index (χ0v) is 16.8. The molecule has 2 rings (SSSR count). The lowest BCUT2D eigenvalue weighted by atomic mass is 10.2. The van der Waals surface area contributed by atoms with Gasteiger partial charge in [0.25, 0.3) is 5.69 Å². The van der Waals surface area contributed by atoms with E-state index < -0.39 is 54.1 Å². The van der Waals surface area contributed by atoms with E-state index in [1.54, 1.807) is 0 Å². The standard InChI is InChI=1S/C20H15F7N2O5/c21-18(22)19(23,24)10-33-15-7-13(8-16(9-15)34-11-20(25,26)27)28-17(30)6-3-12-1-4-14(5-2-12)29(31)32/h1-9,18H,10-11H2,(H,28,30)/b6-3+. The van der Waals surface area contributed by atoms with Crippen molar-refractivity contribution in [2.24, 2.45) is 0 Å². The fourth-order valence-electron chi connectivity index (χ4n) is 2.28. The second-order valence-electron chi connectivity index (χ2n) is 6.62. The lowest BCUT2D eigenvalue weighted by Crippen LogP contribution is -2.33. The minimum atomic E-state index is -4.74. The number of benzene rings is 2. The molecular weight excluding hydrogens is 481 g/mol. The molecule has 0 heterocycles. The summed E-state index contributed by atoms with van der Waals surface area (Å²) in [5, 5.41) is 12.9. The third-order valence-electron chi connectivity index (χ3n) is 3.83. The highest BCUT2D eigenvalue weighted by atomic mass is 19.4. The number of anilines is 1. The summed E-state index contributed by atoms with van der Waals surface area (Å²) in [6.07, 6.45) is -6.53. The average molecular weight is 496 g/mol. The molecule has 2 aromatic carbocycles. The van der Waals surface area contributed by atoms with Gasteiger partial charge in [0, 0.05) is 42.1 Å². The number of ether oxygens (including phenoxy) is 2. The molecule has 0 saturated carbocycles. The van der Waals surface area contributed by atoms with E-state index in [-0.39, 0.29) is 11.4 Å². The van der Waals surface area contributed by atoms with Crippen molar-refractivity contribution in [2.45, 2.75) is 18.5 Å². The van der Waals surface area contributed by atoms with Gasteiger partial charge in [-0.3, -0.25) is 14.9 Å². The van der Waals surface area contributed by atoms with Crippen LogP contribution in [0.25, 0.3) is 6.08 Å². The number of nitrogens with one attached hydrogen (secondary N) is 1. The van der Waals surface area contributed by atoms with Gasteiger partial charge in [-0.25, -0.2) is 8.78 Å². The Labute approximate surface area is 186 Å². The Morgan fingerprint density at radius 3 is 2.06 bits per heavy atom. The molecule has 7 nitrogen and oxygen atoms in total. The van der Waals surface area contributed by atoms with E-state index in [2.05, 4.69) is 14.8 Å². The molecule has 0 radical (unpaired) electrons. The number of nitrogens with zero attached hydrogens (tertiary/aromatic N) is 1. The van der Waals surface area contributed by atoms with Gasteiger partial charge in [-0.2, -0.15) is 22.0 Å². The molecule has 14 heteroatoms. The molecule has 1 amide bonds. The maximum Gasteiger partial charge on any atom is 0.422 e. The first-order valence-electron chi connectivity index (χ1n) is 9.12. The van der Waals surface area contributed by atoms with E-state index in [0.717, 1.165) is 24.3 Å². The van der Waals surface area contributed by atoms with Crippen molar-refractivity contribution in [1.82, 2.24) is 0 Å². The van der Waals surface area contributed by atoms with Crippen molar-refractivity contribution in [2.75, 3.05) is 18.5 Å². The molecule has 0 spiro atoms. The number of amides is 1. The fraction of sp³-hybridized carbons (Fsp3) is 0.250. The highest BCUT2D eigenvalue weighted by Gasteiger charge is 2.41. The first-order chi connectivity index (χ1) is 15.7. The lowest BCUT2D eigenvalue weighted by Gasteiger charge is -2.17. The number of halogens is 7. The van der Waals surface area contributed by atoms with Crippen LogP contribution in [0, 0.1) is 10.1 Å². The van der Waals surface area contributed by atoms with Gasteiger partial charge >= 0.3 is 18.5 Å². The quantitative estimate of drug-likeness (QED) is 0.204. The molecule has 0 bridgehead atoms. The predicted molar refractivity (Wildman–Crippen MR) is 105 cm³/mol. The van der Waals surface area contributed by atoms with E-state index in [4.69, 9.17) is 0 Å². The van der Waals surface area contributed by atoms with Crippen molar-refractivity contribution in [3.05, 3.63) is 64.2 Å². The Hall–Kier alpha value is -3.84. The molecule has 0 aliphatic rings. The smallest absolute Gasteiger partial charge is 0.422 e. The molecule has 184 valence electrons. The Morgan fingerprint density at radius 1 is 1.00 bits per heavy atom. The number of nitro groups is 1. The summed E-state index contributed by atoms with van der Waals surface area (Å²) >= 11 is 0. The molecule has 0 aliphatic heterocycles. The minimum absolute atomic E-state index is 0.178. The SMILES string of the molecule is O=C(/C=C/c1ccc([N+](=O)[O-])cc1)Nc1cc(OCC(F)(F)F)cc(OCC(F)(F)C(F)F)c1. The first-order valence-corrected chi connectivity index (χ1v) is 9.12. The number of carbonyl (C=O) groups is 1. The Kier molecular flexibility index (Phi) is 8.43. The average Bonchev–Trinajstić information content (AvgIpc) is 2.74. The number of rotatable bonds is 10. The Bertz CT molecular complexity index is 1040. The molecule has 0 fully saturated rings. The van der Waals surface area contributed by atoms with Gasteiger partial charge in [0.1, 0.15) is 11.5 Å². The van der Waals surface area contributed by atoms with Crippen molar-refractivity contribution < 1.29 is 49.9 Å². The highest BCUT2D eigenvalue weighted by molar-refractivity contribution is 6.02.